The summed E-state index contributed by atoms with van der Waals surface area (Å²) in [7, 11) is 0. The molecule has 0 saturated carbocycles. The van der Waals surface area contributed by atoms with Gasteiger partial charge in [-0.25, -0.2) is 0 Å². The summed E-state index contributed by atoms with van der Waals surface area (Å²) in [6, 6.07) is 12.5. The topological polar surface area (TPSA) is 108 Å². The van der Waals surface area contributed by atoms with Gasteiger partial charge in [0.15, 0.2) is 0 Å². The van der Waals surface area contributed by atoms with Gasteiger partial charge in [0.2, 0.25) is 0 Å². The van der Waals surface area contributed by atoms with Gasteiger partial charge in [0, 0.05) is 5.56 Å². The molecule has 0 aliphatic heterocycles. The van der Waals surface area contributed by atoms with Crippen LogP contribution in [0.3, 0.4) is 0 Å². The summed E-state index contributed by atoms with van der Waals surface area (Å²) in [6.07, 6.45) is 0. The van der Waals surface area contributed by atoms with Gasteiger partial charge in [-0.2, -0.15) is 10.2 Å². The van der Waals surface area contributed by atoms with Crippen molar-refractivity contribution in [2.75, 3.05) is 5.32 Å². The van der Waals surface area contributed by atoms with Crippen molar-refractivity contribution in [2.24, 2.45) is 0 Å². The molecule has 4 aromatic rings. The number of carbonyl (C=O) groups is 1. The lowest BCUT2D eigenvalue weighted by Gasteiger charge is -2.09. The number of nitrogens with zero attached hydrogens (tertiary/aromatic N) is 5. The minimum atomic E-state index is -0.418. The summed E-state index contributed by atoms with van der Waals surface area (Å²) < 4.78 is 3.40. The molecule has 11 heteroatoms. The van der Waals surface area contributed by atoms with Crippen molar-refractivity contribution in [1.82, 2.24) is 19.6 Å². The van der Waals surface area contributed by atoms with E-state index in [-0.39, 0.29) is 11.6 Å². The molecule has 0 unspecified atom stereocenters. The average molecular weight is 527 g/mol. The van der Waals surface area contributed by atoms with Crippen LogP contribution in [0.2, 0.25) is 10.0 Å². The van der Waals surface area contributed by atoms with E-state index < -0.39 is 4.92 Å². The number of halogens is 2. The number of benzene rings is 2. The predicted molar refractivity (Wildman–Crippen MR) is 139 cm³/mol. The number of amides is 1. The molecule has 2 aromatic heterocycles. The normalized spacial score (nSPS) is 11.1. The maximum atomic E-state index is 12.9. The van der Waals surface area contributed by atoms with Crippen LogP contribution in [0.4, 0.5) is 11.4 Å². The maximum Gasteiger partial charge on any atom is 0.312 e. The van der Waals surface area contributed by atoms with Gasteiger partial charge in [0.1, 0.15) is 11.4 Å². The first-order chi connectivity index (χ1) is 17.0. The predicted octanol–water partition coefficient (Wildman–Crippen LogP) is 5.88. The van der Waals surface area contributed by atoms with Crippen LogP contribution in [-0.4, -0.2) is 30.4 Å². The third-order valence-corrected chi connectivity index (χ3v) is 6.75. The zero-order chi connectivity index (χ0) is 26.1. The van der Waals surface area contributed by atoms with E-state index in [9.17, 15) is 14.9 Å². The fraction of sp³-hybridized carbons (Fsp3) is 0.240. The van der Waals surface area contributed by atoms with Gasteiger partial charge in [-0.1, -0.05) is 41.4 Å². The first-order valence-electron chi connectivity index (χ1n) is 11.1. The molecular weight excluding hydrogens is 503 g/mol. The van der Waals surface area contributed by atoms with Crippen molar-refractivity contribution < 1.29 is 9.72 Å². The summed E-state index contributed by atoms with van der Waals surface area (Å²) in [4.78, 5) is 23.8. The number of carbonyl (C=O) groups excluding carboxylic acids is 1. The minimum Gasteiger partial charge on any atom is -0.319 e. The lowest BCUT2D eigenvalue weighted by molar-refractivity contribution is -0.386. The number of hydrogen-bond acceptors (Lipinski definition) is 5. The van der Waals surface area contributed by atoms with Crippen LogP contribution in [0.1, 0.15) is 44.3 Å². The van der Waals surface area contributed by atoms with E-state index in [0.717, 1.165) is 16.8 Å². The number of nitro groups is 1. The molecule has 1 N–H and O–H groups in total. The van der Waals surface area contributed by atoms with E-state index in [1.54, 1.807) is 47.5 Å². The molecule has 0 aliphatic rings. The molecule has 36 heavy (non-hydrogen) atoms. The zero-order valence-corrected chi connectivity index (χ0v) is 21.7. The van der Waals surface area contributed by atoms with Crippen molar-refractivity contribution in [2.45, 2.75) is 40.8 Å². The Morgan fingerprint density at radius 3 is 2.08 bits per heavy atom. The molecule has 0 bridgehead atoms. The summed E-state index contributed by atoms with van der Waals surface area (Å²) in [5.41, 5.74) is 5.34. The first kappa shape index (κ1) is 25.4. The second-order valence-electron chi connectivity index (χ2n) is 8.54. The molecule has 0 saturated heterocycles. The highest BCUT2D eigenvalue weighted by Gasteiger charge is 2.22. The highest BCUT2D eigenvalue weighted by Crippen LogP contribution is 2.26. The van der Waals surface area contributed by atoms with Gasteiger partial charge in [0.25, 0.3) is 5.91 Å². The van der Waals surface area contributed by atoms with Crippen molar-refractivity contribution in [3.05, 3.63) is 102 Å². The number of rotatable bonds is 7. The Kier molecular flexibility index (Phi) is 7.14. The van der Waals surface area contributed by atoms with E-state index in [1.165, 1.54) is 0 Å². The van der Waals surface area contributed by atoms with Gasteiger partial charge in [0.05, 0.1) is 45.1 Å². The summed E-state index contributed by atoms with van der Waals surface area (Å²) >= 11 is 12.1. The highest BCUT2D eigenvalue weighted by molar-refractivity contribution is 6.42. The lowest BCUT2D eigenvalue weighted by Crippen LogP contribution is -2.13. The Hall–Kier alpha value is -3.69. The van der Waals surface area contributed by atoms with Gasteiger partial charge in [-0.3, -0.25) is 24.3 Å². The van der Waals surface area contributed by atoms with E-state index >= 15 is 0 Å². The van der Waals surface area contributed by atoms with Crippen molar-refractivity contribution >= 4 is 40.5 Å². The molecule has 0 aliphatic carbocycles. The Balaban J connectivity index is 1.47. The van der Waals surface area contributed by atoms with Crippen LogP contribution in [0.5, 0.6) is 0 Å². The number of hydrogen-bond donors (Lipinski definition) is 1. The van der Waals surface area contributed by atoms with Gasteiger partial charge in [-0.05, 0) is 63.1 Å². The quantitative estimate of drug-likeness (QED) is 0.239. The number of aromatic nitrogens is 4. The minimum absolute atomic E-state index is 0.0245. The Bertz CT molecular complexity index is 1470. The van der Waals surface area contributed by atoms with Crippen LogP contribution in [0.25, 0.3) is 0 Å². The molecule has 1 amide bonds. The number of nitrogens with one attached hydrogen (secondary N) is 1. The van der Waals surface area contributed by atoms with E-state index in [0.29, 0.717) is 51.5 Å². The van der Waals surface area contributed by atoms with Gasteiger partial charge in [-0.15, -0.1) is 0 Å². The molecule has 186 valence electrons. The molecule has 0 fully saturated rings. The van der Waals surface area contributed by atoms with Gasteiger partial charge < -0.3 is 5.32 Å². The highest BCUT2D eigenvalue weighted by atomic mass is 35.5. The van der Waals surface area contributed by atoms with Crippen molar-refractivity contribution in [3.8, 4) is 0 Å². The number of anilines is 1. The lowest BCUT2D eigenvalue weighted by atomic mass is 10.1. The van der Waals surface area contributed by atoms with Crippen LogP contribution < -0.4 is 5.32 Å². The van der Waals surface area contributed by atoms with E-state index in [4.69, 9.17) is 23.2 Å². The van der Waals surface area contributed by atoms with Crippen LogP contribution in [0.15, 0.2) is 42.5 Å². The summed E-state index contributed by atoms with van der Waals surface area (Å²) in [5.74, 6) is -0.261. The maximum absolute atomic E-state index is 12.9. The first-order valence-corrected chi connectivity index (χ1v) is 11.9. The molecule has 0 atom stereocenters. The van der Waals surface area contributed by atoms with Crippen molar-refractivity contribution in [3.63, 3.8) is 0 Å². The van der Waals surface area contributed by atoms with Crippen LogP contribution in [0, 0.1) is 37.8 Å². The second-order valence-corrected chi connectivity index (χ2v) is 9.35. The molecular formula is C25H24Cl2N6O3. The monoisotopic (exact) mass is 526 g/mol. The summed E-state index contributed by atoms with van der Waals surface area (Å²) in [5, 5.41) is 24.0. The Morgan fingerprint density at radius 1 is 0.889 bits per heavy atom. The smallest absolute Gasteiger partial charge is 0.312 e. The van der Waals surface area contributed by atoms with E-state index in [2.05, 4.69) is 15.5 Å². The Labute approximate surface area is 217 Å². The van der Waals surface area contributed by atoms with E-state index in [1.807, 2.05) is 32.0 Å². The summed E-state index contributed by atoms with van der Waals surface area (Å²) in [6.45, 7) is 7.87. The van der Waals surface area contributed by atoms with Crippen molar-refractivity contribution in [1.29, 1.82) is 0 Å². The largest absolute Gasteiger partial charge is 0.319 e. The molecule has 4 rings (SSSR count). The molecule has 2 heterocycles. The third-order valence-electron chi connectivity index (χ3n) is 6.01. The van der Waals surface area contributed by atoms with Crippen LogP contribution in [-0.2, 0) is 13.1 Å². The van der Waals surface area contributed by atoms with Crippen LogP contribution >= 0.6 is 23.2 Å². The average Bonchev–Trinajstić information content (AvgIpc) is 3.25. The number of aryl methyl sites for hydroxylation is 2. The molecule has 2 aromatic carbocycles. The second kappa shape index (κ2) is 10.1. The third kappa shape index (κ3) is 5.12. The van der Waals surface area contributed by atoms with Gasteiger partial charge >= 0.3 is 5.69 Å². The molecule has 0 radical (unpaired) electrons. The molecule has 9 nitrogen and oxygen atoms in total. The Morgan fingerprint density at radius 2 is 1.47 bits per heavy atom. The fourth-order valence-electron chi connectivity index (χ4n) is 4.07. The standard InChI is InChI=1S/C25H24Cl2N6O3/c1-14-23(16(3)31(29-14)13-19-7-10-21(26)22(27)11-19)28-25(34)20-8-5-18(6-9-20)12-32-17(4)24(33(35)36)15(2)30-32/h5-11H,12-13H2,1-4H3,(H,28,34). The fourth-order valence-corrected chi connectivity index (χ4v) is 4.39. The zero-order valence-electron chi connectivity index (χ0n) is 20.2. The SMILES string of the molecule is Cc1nn(Cc2ccc(Cl)c(Cl)c2)c(C)c1NC(=O)c1ccc(Cn2nc(C)c([N+](=O)[O-])c2C)cc1. The molecule has 0 spiro atoms.